The van der Waals surface area contributed by atoms with Gasteiger partial charge in [-0.15, -0.1) is 0 Å². The minimum atomic E-state index is -0.0677. The van der Waals surface area contributed by atoms with Crippen LogP contribution in [-0.4, -0.2) is 40.9 Å². The van der Waals surface area contributed by atoms with Gasteiger partial charge in [0.1, 0.15) is 5.69 Å². The zero-order valence-corrected chi connectivity index (χ0v) is 11.3. The topological polar surface area (TPSA) is 80.4 Å². The lowest BCUT2D eigenvalue weighted by Crippen LogP contribution is -2.35. The molecule has 1 fully saturated rings. The lowest BCUT2D eigenvalue weighted by molar-refractivity contribution is -0.120. The molecule has 6 nitrogen and oxygen atoms in total. The third-order valence-corrected chi connectivity index (χ3v) is 3.25. The van der Waals surface area contributed by atoms with Crippen molar-refractivity contribution in [1.82, 2.24) is 14.8 Å². The van der Waals surface area contributed by atoms with Gasteiger partial charge in [0, 0.05) is 38.3 Å². The van der Waals surface area contributed by atoms with Crippen molar-refractivity contribution in [3.8, 4) is 0 Å². The summed E-state index contributed by atoms with van der Waals surface area (Å²) in [7, 11) is 0. The van der Waals surface area contributed by atoms with Gasteiger partial charge in [0.15, 0.2) is 0 Å². The zero-order chi connectivity index (χ0) is 14.0. The maximum absolute atomic E-state index is 12.5. The highest BCUT2D eigenvalue weighted by Gasteiger charge is 2.23. The van der Waals surface area contributed by atoms with E-state index in [0.29, 0.717) is 37.4 Å². The summed E-state index contributed by atoms with van der Waals surface area (Å²) >= 11 is 0. The molecule has 6 heteroatoms. The molecular formula is C13H20N4O2. The van der Waals surface area contributed by atoms with Crippen LogP contribution >= 0.6 is 0 Å². The van der Waals surface area contributed by atoms with Crippen LogP contribution in [0.1, 0.15) is 36.8 Å². The highest BCUT2D eigenvalue weighted by atomic mass is 16.2. The number of amides is 2. The number of nitrogen functional groups attached to an aromatic ring is 1. The number of aromatic nitrogens is 1. The largest absolute Gasteiger partial charge is 0.397 e. The fraction of sp³-hybridized carbons (Fsp3) is 0.538. The first-order chi connectivity index (χ1) is 8.99. The SMILES string of the molecule is CC(C)n1cc(N)cc1C(=O)N1CCNC(=O)CC1. The van der Waals surface area contributed by atoms with E-state index in [1.165, 1.54) is 0 Å². The van der Waals surface area contributed by atoms with Crippen LogP contribution in [0.5, 0.6) is 0 Å². The Morgan fingerprint density at radius 1 is 1.42 bits per heavy atom. The monoisotopic (exact) mass is 264 g/mol. The van der Waals surface area contributed by atoms with Crippen LogP contribution in [-0.2, 0) is 4.79 Å². The van der Waals surface area contributed by atoms with Gasteiger partial charge in [0.2, 0.25) is 5.91 Å². The number of carbonyl (C=O) groups excluding carboxylic acids is 2. The van der Waals surface area contributed by atoms with E-state index in [-0.39, 0.29) is 17.9 Å². The fourth-order valence-electron chi connectivity index (χ4n) is 2.23. The van der Waals surface area contributed by atoms with Crippen molar-refractivity contribution < 1.29 is 9.59 Å². The van der Waals surface area contributed by atoms with Crippen LogP contribution in [0.15, 0.2) is 12.3 Å². The van der Waals surface area contributed by atoms with Gasteiger partial charge in [-0.25, -0.2) is 0 Å². The summed E-state index contributed by atoms with van der Waals surface area (Å²) in [5, 5.41) is 2.76. The molecule has 0 radical (unpaired) electrons. The second kappa shape index (κ2) is 5.34. The summed E-state index contributed by atoms with van der Waals surface area (Å²) in [5.74, 6) is -0.0732. The Hall–Kier alpha value is -1.98. The fourth-order valence-corrected chi connectivity index (χ4v) is 2.23. The van der Waals surface area contributed by atoms with E-state index in [2.05, 4.69) is 5.32 Å². The number of rotatable bonds is 2. The Bertz CT molecular complexity index is 493. The molecule has 0 bridgehead atoms. The van der Waals surface area contributed by atoms with Crippen molar-refractivity contribution in [2.75, 3.05) is 25.4 Å². The highest BCUT2D eigenvalue weighted by molar-refractivity contribution is 5.94. The molecule has 2 heterocycles. The molecule has 1 aromatic rings. The molecule has 1 aliphatic rings. The summed E-state index contributed by atoms with van der Waals surface area (Å²) < 4.78 is 1.87. The molecule has 1 aromatic heterocycles. The molecule has 104 valence electrons. The maximum Gasteiger partial charge on any atom is 0.270 e. The highest BCUT2D eigenvalue weighted by Crippen LogP contribution is 2.18. The van der Waals surface area contributed by atoms with Crippen LogP contribution in [0.25, 0.3) is 0 Å². The summed E-state index contributed by atoms with van der Waals surface area (Å²) in [6.45, 7) is 5.50. The molecule has 0 saturated carbocycles. The van der Waals surface area contributed by atoms with Crippen LogP contribution in [0.3, 0.4) is 0 Å². The predicted octanol–water partition coefficient (Wildman–Crippen LogP) is 0.613. The Morgan fingerprint density at radius 2 is 2.16 bits per heavy atom. The van der Waals surface area contributed by atoms with E-state index in [1.807, 2.05) is 18.4 Å². The number of nitrogens with zero attached hydrogens (tertiary/aromatic N) is 2. The Kier molecular flexibility index (Phi) is 3.78. The maximum atomic E-state index is 12.5. The predicted molar refractivity (Wildman–Crippen MR) is 72.8 cm³/mol. The van der Waals surface area contributed by atoms with E-state index in [0.717, 1.165) is 0 Å². The molecule has 2 rings (SSSR count). The summed E-state index contributed by atoms with van der Waals surface area (Å²) in [5.41, 5.74) is 6.95. The third kappa shape index (κ3) is 2.89. The first kappa shape index (κ1) is 13.5. The van der Waals surface area contributed by atoms with Crippen LogP contribution < -0.4 is 11.1 Å². The average Bonchev–Trinajstić information content (AvgIpc) is 2.61. The van der Waals surface area contributed by atoms with Gasteiger partial charge in [-0.3, -0.25) is 9.59 Å². The lowest BCUT2D eigenvalue weighted by Gasteiger charge is -2.21. The molecule has 1 saturated heterocycles. The summed E-state index contributed by atoms with van der Waals surface area (Å²) in [6, 6.07) is 1.87. The quantitative estimate of drug-likeness (QED) is 0.821. The van der Waals surface area contributed by atoms with Gasteiger partial charge >= 0.3 is 0 Å². The summed E-state index contributed by atoms with van der Waals surface area (Å²) in [4.78, 5) is 25.5. The van der Waals surface area contributed by atoms with E-state index < -0.39 is 0 Å². The number of hydrogen-bond donors (Lipinski definition) is 2. The van der Waals surface area contributed by atoms with E-state index in [9.17, 15) is 9.59 Å². The minimum Gasteiger partial charge on any atom is -0.397 e. The van der Waals surface area contributed by atoms with Crippen molar-refractivity contribution >= 4 is 17.5 Å². The van der Waals surface area contributed by atoms with Gasteiger partial charge in [-0.05, 0) is 19.9 Å². The van der Waals surface area contributed by atoms with Crippen molar-refractivity contribution in [1.29, 1.82) is 0 Å². The second-order valence-electron chi connectivity index (χ2n) is 5.05. The Balaban J connectivity index is 2.21. The molecule has 2 amide bonds. The first-order valence-electron chi connectivity index (χ1n) is 6.52. The first-order valence-corrected chi connectivity index (χ1v) is 6.52. The Morgan fingerprint density at radius 3 is 2.84 bits per heavy atom. The van der Waals surface area contributed by atoms with Crippen molar-refractivity contribution in [2.45, 2.75) is 26.3 Å². The average molecular weight is 264 g/mol. The molecule has 0 atom stereocenters. The van der Waals surface area contributed by atoms with Gasteiger partial charge < -0.3 is 20.5 Å². The van der Waals surface area contributed by atoms with Gasteiger partial charge in [0.05, 0.1) is 5.69 Å². The van der Waals surface area contributed by atoms with Gasteiger partial charge in [-0.1, -0.05) is 0 Å². The van der Waals surface area contributed by atoms with E-state index in [4.69, 9.17) is 5.73 Å². The number of anilines is 1. The third-order valence-electron chi connectivity index (χ3n) is 3.25. The zero-order valence-electron chi connectivity index (χ0n) is 11.3. The minimum absolute atomic E-state index is 0.00550. The van der Waals surface area contributed by atoms with Crippen molar-refractivity contribution in [3.05, 3.63) is 18.0 Å². The van der Waals surface area contributed by atoms with Crippen molar-refractivity contribution in [3.63, 3.8) is 0 Å². The van der Waals surface area contributed by atoms with E-state index in [1.54, 1.807) is 17.2 Å². The smallest absolute Gasteiger partial charge is 0.270 e. The molecule has 0 aromatic carbocycles. The van der Waals surface area contributed by atoms with Gasteiger partial charge in [0.25, 0.3) is 5.91 Å². The number of nitrogens with two attached hydrogens (primary N) is 1. The molecule has 0 aliphatic carbocycles. The van der Waals surface area contributed by atoms with Crippen LogP contribution in [0.4, 0.5) is 5.69 Å². The molecule has 0 spiro atoms. The number of nitrogens with one attached hydrogen (secondary N) is 1. The van der Waals surface area contributed by atoms with Crippen molar-refractivity contribution in [2.24, 2.45) is 0 Å². The van der Waals surface area contributed by atoms with E-state index >= 15 is 0 Å². The standard InChI is InChI=1S/C13H20N4O2/c1-9(2)17-8-10(14)7-11(17)13(19)16-5-3-12(18)15-4-6-16/h7-9H,3-6,14H2,1-2H3,(H,15,18). The van der Waals surface area contributed by atoms with Gasteiger partial charge in [-0.2, -0.15) is 0 Å². The van der Waals surface area contributed by atoms with Crippen LogP contribution in [0, 0.1) is 0 Å². The number of hydrogen-bond acceptors (Lipinski definition) is 3. The Labute approximate surface area is 112 Å². The summed E-state index contributed by atoms with van der Waals surface area (Å²) in [6.07, 6.45) is 2.13. The number of carbonyl (C=O) groups is 2. The van der Waals surface area contributed by atoms with Crippen LogP contribution in [0.2, 0.25) is 0 Å². The molecule has 3 N–H and O–H groups in total. The lowest BCUT2D eigenvalue weighted by atomic mass is 10.3. The molecular weight excluding hydrogens is 244 g/mol. The normalized spacial score (nSPS) is 16.4. The molecule has 1 aliphatic heterocycles. The second-order valence-corrected chi connectivity index (χ2v) is 5.05. The molecule has 19 heavy (non-hydrogen) atoms. The molecule has 0 unspecified atom stereocenters.